The van der Waals surface area contributed by atoms with Crippen LogP contribution < -0.4 is 5.73 Å². The number of pyridine rings is 1. The summed E-state index contributed by atoms with van der Waals surface area (Å²) in [6.45, 7) is 0.652. The van der Waals surface area contributed by atoms with Gasteiger partial charge in [-0.1, -0.05) is 12.1 Å². The van der Waals surface area contributed by atoms with Crippen molar-refractivity contribution in [2.45, 2.75) is 6.42 Å². The Morgan fingerprint density at radius 3 is 2.84 bits per heavy atom. The van der Waals surface area contributed by atoms with Gasteiger partial charge in [0, 0.05) is 37.2 Å². The molecule has 98 valence electrons. The predicted octanol–water partition coefficient (Wildman–Crippen LogP) is 1.98. The zero-order chi connectivity index (χ0) is 13.7. The van der Waals surface area contributed by atoms with E-state index in [1.807, 2.05) is 18.3 Å². The van der Waals surface area contributed by atoms with Crippen molar-refractivity contribution in [3.8, 4) is 0 Å². The normalized spacial score (nSPS) is 10.2. The Morgan fingerprint density at radius 2 is 2.16 bits per heavy atom. The van der Waals surface area contributed by atoms with Gasteiger partial charge in [0.1, 0.15) is 0 Å². The lowest BCUT2D eigenvalue weighted by atomic mass is 10.1. The van der Waals surface area contributed by atoms with E-state index < -0.39 is 0 Å². The predicted molar refractivity (Wildman–Crippen MR) is 75.8 cm³/mol. The molecule has 0 aliphatic rings. The van der Waals surface area contributed by atoms with Crippen molar-refractivity contribution in [3.63, 3.8) is 0 Å². The average Bonchev–Trinajstić information content (AvgIpc) is 2.45. The summed E-state index contributed by atoms with van der Waals surface area (Å²) >= 11 is 0. The minimum absolute atomic E-state index is 0.0174. The van der Waals surface area contributed by atoms with Crippen LogP contribution in [-0.4, -0.2) is 29.4 Å². The van der Waals surface area contributed by atoms with E-state index in [9.17, 15) is 4.79 Å². The van der Waals surface area contributed by atoms with Gasteiger partial charge in [-0.3, -0.25) is 9.78 Å². The van der Waals surface area contributed by atoms with Crippen molar-refractivity contribution >= 4 is 11.6 Å². The van der Waals surface area contributed by atoms with Gasteiger partial charge in [-0.05, 0) is 36.2 Å². The Balaban J connectivity index is 1.96. The molecule has 2 N–H and O–H groups in total. The first-order chi connectivity index (χ1) is 9.16. The number of hydrogen-bond acceptors (Lipinski definition) is 3. The molecule has 1 amide bonds. The van der Waals surface area contributed by atoms with Gasteiger partial charge in [-0.2, -0.15) is 0 Å². The van der Waals surface area contributed by atoms with Gasteiger partial charge in [0.15, 0.2) is 0 Å². The molecule has 0 atom stereocenters. The summed E-state index contributed by atoms with van der Waals surface area (Å²) in [4.78, 5) is 17.9. The number of benzene rings is 1. The number of nitrogen functional groups attached to an aromatic ring is 1. The van der Waals surface area contributed by atoms with Gasteiger partial charge >= 0.3 is 0 Å². The van der Waals surface area contributed by atoms with Crippen molar-refractivity contribution in [2.24, 2.45) is 0 Å². The van der Waals surface area contributed by atoms with Crippen LogP contribution in [0, 0.1) is 0 Å². The van der Waals surface area contributed by atoms with E-state index >= 15 is 0 Å². The summed E-state index contributed by atoms with van der Waals surface area (Å²) < 4.78 is 0. The number of rotatable bonds is 4. The van der Waals surface area contributed by atoms with Gasteiger partial charge in [-0.25, -0.2) is 0 Å². The fourth-order valence-electron chi connectivity index (χ4n) is 1.84. The van der Waals surface area contributed by atoms with E-state index in [1.165, 1.54) is 0 Å². The molecule has 2 rings (SSSR count). The maximum atomic E-state index is 12.2. The Labute approximate surface area is 112 Å². The van der Waals surface area contributed by atoms with E-state index in [2.05, 4.69) is 4.98 Å². The molecule has 1 aromatic heterocycles. The molecule has 0 saturated heterocycles. The molecule has 2 aromatic rings. The molecule has 4 nitrogen and oxygen atoms in total. The number of nitrogens with two attached hydrogens (primary N) is 1. The van der Waals surface area contributed by atoms with Crippen LogP contribution in [0.3, 0.4) is 0 Å². The maximum Gasteiger partial charge on any atom is 0.253 e. The quantitative estimate of drug-likeness (QED) is 0.850. The van der Waals surface area contributed by atoms with E-state index in [4.69, 9.17) is 5.73 Å². The SMILES string of the molecule is CN(CCc1cccnc1)C(=O)c1cccc(N)c1. The molecule has 0 saturated carbocycles. The fraction of sp³-hybridized carbons (Fsp3) is 0.200. The van der Waals surface area contributed by atoms with Gasteiger partial charge in [0.25, 0.3) is 5.91 Å². The first kappa shape index (κ1) is 13.1. The van der Waals surface area contributed by atoms with E-state index in [0.29, 0.717) is 17.8 Å². The third-order valence-corrected chi connectivity index (χ3v) is 2.94. The van der Waals surface area contributed by atoms with Crippen LogP contribution in [-0.2, 0) is 6.42 Å². The Hall–Kier alpha value is -2.36. The second kappa shape index (κ2) is 6.00. The van der Waals surface area contributed by atoms with Crippen LogP contribution >= 0.6 is 0 Å². The minimum atomic E-state index is -0.0174. The summed E-state index contributed by atoms with van der Waals surface area (Å²) in [6, 6.07) is 10.9. The van der Waals surface area contributed by atoms with Crippen molar-refractivity contribution < 1.29 is 4.79 Å². The third-order valence-electron chi connectivity index (χ3n) is 2.94. The van der Waals surface area contributed by atoms with Crippen LogP contribution in [0.4, 0.5) is 5.69 Å². The zero-order valence-electron chi connectivity index (χ0n) is 10.9. The maximum absolute atomic E-state index is 12.2. The molecule has 0 aliphatic carbocycles. The Kier molecular flexibility index (Phi) is 4.13. The number of carbonyl (C=O) groups excluding carboxylic acids is 1. The molecular formula is C15H17N3O. The van der Waals surface area contributed by atoms with Gasteiger partial charge < -0.3 is 10.6 Å². The molecule has 0 aliphatic heterocycles. The van der Waals surface area contributed by atoms with Crippen molar-refractivity contribution in [1.29, 1.82) is 0 Å². The first-order valence-corrected chi connectivity index (χ1v) is 6.17. The third kappa shape index (κ3) is 3.55. The number of nitrogens with zero attached hydrogens (tertiary/aromatic N) is 2. The summed E-state index contributed by atoms with van der Waals surface area (Å²) in [6.07, 6.45) is 4.35. The zero-order valence-corrected chi connectivity index (χ0v) is 10.9. The van der Waals surface area contributed by atoms with Crippen LogP contribution in [0.5, 0.6) is 0 Å². The molecule has 0 unspecified atom stereocenters. The summed E-state index contributed by atoms with van der Waals surface area (Å²) in [5.74, 6) is -0.0174. The number of carbonyl (C=O) groups is 1. The van der Waals surface area contributed by atoms with Gasteiger partial charge in [-0.15, -0.1) is 0 Å². The van der Waals surface area contributed by atoms with Crippen LogP contribution in [0.25, 0.3) is 0 Å². The molecule has 1 heterocycles. The number of amides is 1. The van der Waals surface area contributed by atoms with E-state index in [-0.39, 0.29) is 5.91 Å². The lowest BCUT2D eigenvalue weighted by Gasteiger charge is -2.17. The topological polar surface area (TPSA) is 59.2 Å². The average molecular weight is 255 g/mol. The lowest BCUT2D eigenvalue weighted by molar-refractivity contribution is 0.0796. The molecule has 19 heavy (non-hydrogen) atoms. The largest absolute Gasteiger partial charge is 0.399 e. The molecule has 0 radical (unpaired) electrons. The number of anilines is 1. The molecule has 0 fully saturated rings. The van der Waals surface area contributed by atoms with Crippen molar-refractivity contribution in [1.82, 2.24) is 9.88 Å². The van der Waals surface area contributed by atoms with Crippen molar-refractivity contribution in [3.05, 3.63) is 59.9 Å². The number of hydrogen-bond donors (Lipinski definition) is 1. The fourth-order valence-corrected chi connectivity index (χ4v) is 1.84. The second-order valence-electron chi connectivity index (χ2n) is 4.46. The van der Waals surface area contributed by atoms with Crippen LogP contribution in [0.2, 0.25) is 0 Å². The molecular weight excluding hydrogens is 238 g/mol. The van der Waals surface area contributed by atoms with Crippen molar-refractivity contribution in [2.75, 3.05) is 19.3 Å². The highest BCUT2D eigenvalue weighted by Gasteiger charge is 2.11. The number of likely N-dealkylation sites (N-methyl/N-ethyl adjacent to an activating group) is 1. The summed E-state index contributed by atoms with van der Waals surface area (Å²) in [5, 5.41) is 0. The Morgan fingerprint density at radius 1 is 1.32 bits per heavy atom. The van der Waals surface area contributed by atoms with Gasteiger partial charge in [0.05, 0.1) is 0 Å². The summed E-state index contributed by atoms with van der Waals surface area (Å²) in [5.41, 5.74) is 8.03. The van der Waals surface area contributed by atoms with Gasteiger partial charge in [0.2, 0.25) is 0 Å². The molecule has 0 bridgehead atoms. The smallest absolute Gasteiger partial charge is 0.253 e. The highest BCUT2D eigenvalue weighted by Crippen LogP contribution is 2.09. The Bertz CT molecular complexity index is 554. The minimum Gasteiger partial charge on any atom is -0.399 e. The van der Waals surface area contributed by atoms with E-state index in [1.54, 1.807) is 42.4 Å². The monoisotopic (exact) mass is 255 g/mol. The standard InChI is InChI=1S/C15H17N3O/c1-18(9-7-12-4-3-8-17-11-12)15(19)13-5-2-6-14(16)10-13/h2-6,8,10-11H,7,9,16H2,1H3. The van der Waals surface area contributed by atoms with E-state index in [0.717, 1.165) is 12.0 Å². The first-order valence-electron chi connectivity index (χ1n) is 6.17. The molecule has 1 aromatic carbocycles. The van der Waals surface area contributed by atoms with Crippen LogP contribution in [0.15, 0.2) is 48.8 Å². The summed E-state index contributed by atoms with van der Waals surface area (Å²) in [7, 11) is 1.79. The lowest BCUT2D eigenvalue weighted by Crippen LogP contribution is -2.28. The second-order valence-corrected chi connectivity index (χ2v) is 4.46. The molecule has 0 spiro atoms. The van der Waals surface area contributed by atoms with Crippen LogP contribution in [0.1, 0.15) is 15.9 Å². The highest BCUT2D eigenvalue weighted by atomic mass is 16.2. The molecule has 4 heteroatoms. The highest BCUT2D eigenvalue weighted by molar-refractivity contribution is 5.94. The number of aromatic nitrogens is 1.